The molecular weight excluding hydrogens is 332 g/mol. The molecule has 0 bridgehead atoms. The van der Waals surface area contributed by atoms with Crippen molar-refractivity contribution in [3.8, 4) is 0 Å². The summed E-state index contributed by atoms with van der Waals surface area (Å²) in [6.07, 6.45) is 1.81. The average Bonchev–Trinajstić information content (AvgIpc) is 2.72. The normalized spacial score (nSPS) is 22.2. The fraction of sp³-hybridized carbons (Fsp3) is 0.700. The molecule has 0 saturated carbocycles. The van der Waals surface area contributed by atoms with Crippen LogP contribution in [0.4, 0.5) is 4.79 Å². The van der Waals surface area contributed by atoms with Gasteiger partial charge < -0.3 is 19.1 Å². The first kappa shape index (κ1) is 19.1. The van der Waals surface area contributed by atoms with Crippen LogP contribution < -0.4 is 0 Å². The Kier molecular flexibility index (Phi) is 4.56. The SMILES string of the molecule is CC(C)(C)OC(=O)N1CCc2ncc(C3OC(C)(C)C(C)(C)O3)cc2C1. The standard InChI is InChI=1S/C20H30N2O4/c1-18(2,3)26-17(23)22-9-8-15-14(12-22)10-13(11-21-15)16-24-19(4,5)20(6,7)25-16/h10-11,16H,8-9,12H2,1-7H3. The zero-order valence-electron chi connectivity index (χ0n) is 16.9. The highest BCUT2D eigenvalue weighted by atomic mass is 16.7. The average molecular weight is 362 g/mol. The first-order valence-corrected chi connectivity index (χ1v) is 9.19. The van der Waals surface area contributed by atoms with E-state index in [1.807, 2.05) is 60.7 Å². The van der Waals surface area contributed by atoms with Crippen LogP contribution in [0.3, 0.4) is 0 Å². The predicted molar refractivity (Wildman–Crippen MR) is 97.7 cm³/mol. The van der Waals surface area contributed by atoms with Gasteiger partial charge in [0.05, 0.1) is 17.7 Å². The number of nitrogens with zero attached hydrogens (tertiary/aromatic N) is 2. The third kappa shape index (κ3) is 3.71. The maximum atomic E-state index is 12.4. The number of pyridine rings is 1. The monoisotopic (exact) mass is 362 g/mol. The lowest BCUT2D eigenvalue weighted by Crippen LogP contribution is -2.41. The summed E-state index contributed by atoms with van der Waals surface area (Å²) in [5.74, 6) is 0. The number of fused-ring (bicyclic) bond motifs is 1. The largest absolute Gasteiger partial charge is 0.444 e. The van der Waals surface area contributed by atoms with Gasteiger partial charge in [0.25, 0.3) is 0 Å². The van der Waals surface area contributed by atoms with Crippen molar-refractivity contribution in [3.63, 3.8) is 0 Å². The van der Waals surface area contributed by atoms with Crippen molar-refractivity contribution in [2.75, 3.05) is 6.54 Å². The van der Waals surface area contributed by atoms with E-state index in [2.05, 4.69) is 4.98 Å². The molecule has 0 N–H and O–H groups in total. The molecule has 26 heavy (non-hydrogen) atoms. The van der Waals surface area contributed by atoms with E-state index in [4.69, 9.17) is 14.2 Å². The summed E-state index contributed by atoms with van der Waals surface area (Å²) in [5.41, 5.74) is 1.64. The number of hydrogen-bond donors (Lipinski definition) is 0. The second kappa shape index (κ2) is 6.20. The van der Waals surface area contributed by atoms with Crippen LogP contribution in [0.2, 0.25) is 0 Å². The second-order valence-electron chi connectivity index (χ2n) is 9.11. The van der Waals surface area contributed by atoms with Crippen molar-refractivity contribution < 1.29 is 19.0 Å². The molecule has 1 aromatic rings. The molecule has 2 aliphatic rings. The minimum atomic E-state index is -0.500. The number of amides is 1. The second-order valence-corrected chi connectivity index (χ2v) is 9.11. The Hall–Kier alpha value is -1.66. The quantitative estimate of drug-likeness (QED) is 0.756. The maximum absolute atomic E-state index is 12.4. The summed E-state index contributed by atoms with van der Waals surface area (Å²) in [7, 11) is 0. The van der Waals surface area contributed by atoms with Gasteiger partial charge in [0.1, 0.15) is 5.60 Å². The highest BCUT2D eigenvalue weighted by Crippen LogP contribution is 2.44. The fourth-order valence-electron chi connectivity index (χ4n) is 3.04. The first-order valence-electron chi connectivity index (χ1n) is 9.19. The molecule has 1 saturated heterocycles. The zero-order chi connectivity index (χ0) is 19.3. The van der Waals surface area contributed by atoms with Gasteiger partial charge in [-0.15, -0.1) is 0 Å². The molecule has 6 heteroatoms. The summed E-state index contributed by atoms with van der Waals surface area (Å²) in [6, 6.07) is 2.04. The molecule has 0 radical (unpaired) electrons. The van der Waals surface area contributed by atoms with E-state index in [9.17, 15) is 4.79 Å². The van der Waals surface area contributed by atoms with Gasteiger partial charge in [-0.1, -0.05) is 0 Å². The lowest BCUT2D eigenvalue weighted by Gasteiger charge is -2.31. The van der Waals surface area contributed by atoms with Crippen molar-refractivity contribution in [2.45, 2.75) is 84.5 Å². The number of rotatable bonds is 1. The van der Waals surface area contributed by atoms with Crippen LogP contribution in [0.5, 0.6) is 0 Å². The number of carbonyl (C=O) groups is 1. The lowest BCUT2D eigenvalue weighted by atomic mass is 9.90. The van der Waals surface area contributed by atoms with Crippen LogP contribution in [0.15, 0.2) is 12.3 Å². The van der Waals surface area contributed by atoms with Gasteiger partial charge in [0.15, 0.2) is 6.29 Å². The molecule has 0 atom stereocenters. The van der Waals surface area contributed by atoms with Gasteiger partial charge in [0, 0.05) is 30.4 Å². The van der Waals surface area contributed by atoms with E-state index >= 15 is 0 Å². The van der Waals surface area contributed by atoms with Gasteiger partial charge in [0.2, 0.25) is 0 Å². The molecule has 144 valence electrons. The third-order valence-corrected chi connectivity index (χ3v) is 5.24. The topological polar surface area (TPSA) is 60.9 Å². The van der Waals surface area contributed by atoms with Crippen LogP contribution in [0, 0.1) is 0 Å². The molecule has 0 aromatic carbocycles. The summed E-state index contributed by atoms with van der Waals surface area (Å²) in [6.45, 7) is 14.9. The van der Waals surface area contributed by atoms with Gasteiger partial charge in [-0.2, -0.15) is 0 Å². The van der Waals surface area contributed by atoms with Crippen LogP contribution >= 0.6 is 0 Å². The zero-order valence-corrected chi connectivity index (χ0v) is 16.9. The summed E-state index contributed by atoms with van der Waals surface area (Å²) in [5, 5.41) is 0. The molecule has 0 spiro atoms. The molecule has 3 heterocycles. The van der Waals surface area contributed by atoms with E-state index in [1.165, 1.54) is 0 Å². The molecule has 1 amide bonds. The molecule has 0 unspecified atom stereocenters. The van der Waals surface area contributed by atoms with Gasteiger partial charge in [-0.25, -0.2) is 4.79 Å². The molecule has 2 aliphatic heterocycles. The predicted octanol–water partition coefficient (Wildman–Crippen LogP) is 3.98. The van der Waals surface area contributed by atoms with E-state index in [0.717, 1.165) is 23.2 Å². The molecule has 0 aliphatic carbocycles. The first-order chi connectivity index (χ1) is 11.9. The lowest BCUT2D eigenvalue weighted by molar-refractivity contribution is -0.0898. The Morgan fingerprint density at radius 2 is 1.85 bits per heavy atom. The Morgan fingerprint density at radius 1 is 1.23 bits per heavy atom. The highest BCUT2D eigenvalue weighted by Gasteiger charge is 2.49. The Bertz CT molecular complexity index is 690. The molecule has 3 rings (SSSR count). The van der Waals surface area contributed by atoms with E-state index in [-0.39, 0.29) is 6.09 Å². The van der Waals surface area contributed by atoms with Gasteiger partial charge in [-0.3, -0.25) is 4.98 Å². The van der Waals surface area contributed by atoms with Crippen molar-refractivity contribution in [1.82, 2.24) is 9.88 Å². The van der Waals surface area contributed by atoms with Crippen LogP contribution in [0.25, 0.3) is 0 Å². The van der Waals surface area contributed by atoms with Crippen molar-refractivity contribution in [3.05, 3.63) is 29.1 Å². The summed E-state index contributed by atoms with van der Waals surface area (Å²) >= 11 is 0. The summed E-state index contributed by atoms with van der Waals surface area (Å²) < 4.78 is 17.7. The van der Waals surface area contributed by atoms with E-state index in [0.29, 0.717) is 13.1 Å². The minimum Gasteiger partial charge on any atom is -0.444 e. The maximum Gasteiger partial charge on any atom is 0.410 e. The number of aromatic nitrogens is 1. The molecule has 6 nitrogen and oxygen atoms in total. The highest BCUT2D eigenvalue weighted by molar-refractivity contribution is 5.68. The number of hydrogen-bond acceptors (Lipinski definition) is 5. The van der Waals surface area contributed by atoms with Crippen LogP contribution in [-0.4, -0.2) is 39.3 Å². The number of carbonyl (C=O) groups excluding carboxylic acids is 1. The summed E-state index contributed by atoms with van der Waals surface area (Å²) in [4.78, 5) is 18.7. The van der Waals surface area contributed by atoms with E-state index < -0.39 is 23.1 Å². The molecule has 1 aromatic heterocycles. The van der Waals surface area contributed by atoms with Gasteiger partial charge in [-0.05, 0) is 60.1 Å². The Labute approximate surface area is 155 Å². The number of ether oxygens (including phenoxy) is 3. The van der Waals surface area contributed by atoms with Crippen LogP contribution in [-0.2, 0) is 27.2 Å². The smallest absolute Gasteiger partial charge is 0.410 e. The van der Waals surface area contributed by atoms with Crippen molar-refractivity contribution >= 4 is 6.09 Å². The van der Waals surface area contributed by atoms with Crippen molar-refractivity contribution in [2.24, 2.45) is 0 Å². The van der Waals surface area contributed by atoms with Crippen LogP contribution in [0.1, 0.15) is 71.6 Å². The Balaban J connectivity index is 1.77. The third-order valence-electron chi connectivity index (χ3n) is 5.24. The fourth-order valence-corrected chi connectivity index (χ4v) is 3.04. The molecule has 1 fully saturated rings. The molecular formula is C20H30N2O4. The minimum absolute atomic E-state index is 0.288. The Morgan fingerprint density at radius 3 is 2.42 bits per heavy atom. The van der Waals surface area contributed by atoms with E-state index in [1.54, 1.807) is 4.90 Å². The van der Waals surface area contributed by atoms with Gasteiger partial charge >= 0.3 is 6.09 Å². The van der Waals surface area contributed by atoms with Crippen molar-refractivity contribution in [1.29, 1.82) is 0 Å².